The van der Waals surface area contributed by atoms with Crippen LogP contribution in [0.15, 0.2) is 0 Å². The summed E-state index contributed by atoms with van der Waals surface area (Å²) in [6.45, 7) is 0. The van der Waals surface area contributed by atoms with Crippen molar-refractivity contribution >= 4 is 7.59 Å². The molecule has 0 aromatic heterocycles. The Morgan fingerprint density at radius 1 is 0.750 bits per heavy atom. The summed E-state index contributed by atoms with van der Waals surface area (Å²) in [5, 5.41) is 0. The standard InChI is InChI=1S/C6H18N3OP.Cu/c1-7(2)11(10,8(3)4)9(5)6;/h1-6H3;. The first-order valence-electron chi connectivity index (χ1n) is 3.47. The second kappa shape index (κ2) is 5.38. The third-order valence-corrected chi connectivity index (χ3v) is 4.69. The molecule has 0 rings (SSSR count). The van der Waals surface area contributed by atoms with Gasteiger partial charge < -0.3 is 0 Å². The van der Waals surface area contributed by atoms with Crippen LogP contribution in [-0.2, 0) is 21.6 Å². The van der Waals surface area contributed by atoms with E-state index in [1.165, 1.54) is 0 Å². The van der Waals surface area contributed by atoms with Crippen LogP contribution in [0.3, 0.4) is 0 Å². The fourth-order valence-electron chi connectivity index (χ4n) is 1.07. The smallest absolute Gasteiger partial charge is 0.270 e. The predicted molar refractivity (Wildman–Crippen MR) is 48.7 cm³/mol. The van der Waals surface area contributed by atoms with Gasteiger partial charge in [0.05, 0.1) is 0 Å². The van der Waals surface area contributed by atoms with Gasteiger partial charge in [-0.1, -0.05) is 0 Å². The van der Waals surface area contributed by atoms with E-state index in [4.69, 9.17) is 0 Å². The zero-order valence-corrected chi connectivity index (χ0v) is 10.3. The SMILES string of the molecule is CN(C)P(=O)(N(C)C)N(C)C.[Cu]. The van der Waals surface area contributed by atoms with E-state index in [0.29, 0.717) is 0 Å². The molecule has 0 bridgehead atoms. The van der Waals surface area contributed by atoms with Gasteiger partial charge in [-0.05, 0) is 42.3 Å². The van der Waals surface area contributed by atoms with Gasteiger partial charge in [-0.3, -0.25) is 4.57 Å². The minimum Gasteiger partial charge on any atom is -0.270 e. The Morgan fingerprint density at radius 2 is 0.917 bits per heavy atom. The normalized spacial score (nSPS) is 12.4. The van der Waals surface area contributed by atoms with Crippen molar-refractivity contribution in [2.45, 2.75) is 0 Å². The molecule has 0 fully saturated rings. The number of hydrogen-bond donors (Lipinski definition) is 0. The van der Waals surface area contributed by atoms with Gasteiger partial charge >= 0.3 is 0 Å². The molecule has 6 heteroatoms. The Bertz CT molecular complexity index is 144. The van der Waals surface area contributed by atoms with Crippen LogP contribution < -0.4 is 0 Å². The summed E-state index contributed by atoms with van der Waals surface area (Å²) >= 11 is 0. The van der Waals surface area contributed by atoms with Gasteiger partial charge in [0.25, 0.3) is 7.59 Å². The van der Waals surface area contributed by atoms with Crippen LogP contribution in [0, 0.1) is 0 Å². The van der Waals surface area contributed by atoms with E-state index in [0.717, 1.165) is 0 Å². The number of rotatable bonds is 3. The van der Waals surface area contributed by atoms with Crippen molar-refractivity contribution < 1.29 is 21.6 Å². The quantitative estimate of drug-likeness (QED) is 0.540. The molecule has 4 nitrogen and oxygen atoms in total. The Balaban J connectivity index is 0. The molecule has 1 radical (unpaired) electrons. The maximum Gasteiger partial charge on any atom is 0.285 e. The van der Waals surface area contributed by atoms with Crippen molar-refractivity contribution in [2.75, 3.05) is 42.3 Å². The summed E-state index contributed by atoms with van der Waals surface area (Å²) in [4.78, 5) is 0. The fraction of sp³-hybridized carbons (Fsp3) is 1.00. The third-order valence-electron chi connectivity index (χ3n) is 1.56. The predicted octanol–water partition coefficient (Wildman–Crippen LogP) is 0.777. The van der Waals surface area contributed by atoms with Gasteiger partial charge in [-0.2, -0.15) is 0 Å². The molecular formula is C6H18CuN3OP. The maximum atomic E-state index is 12.1. The van der Waals surface area contributed by atoms with Gasteiger partial charge in [0.1, 0.15) is 0 Å². The summed E-state index contributed by atoms with van der Waals surface area (Å²) in [6, 6.07) is 0. The zero-order valence-electron chi connectivity index (χ0n) is 8.50. The van der Waals surface area contributed by atoms with E-state index in [1.54, 1.807) is 14.0 Å². The van der Waals surface area contributed by atoms with Crippen LogP contribution in [0.2, 0.25) is 0 Å². The Morgan fingerprint density at radius 3 is 0.917 bits per heavy atom. The molecule has 79 valence electrons. The van der Waals surface area contributed by atoms with Crippen LogP contribution >= 0.6 is 7.59 Å². The van der Waals surface area contributed by atoms with Gasteiger partial charge in [0.15, 0.2) is 0 Å². The molecule has 0 unspecified atom stereocenters. The average Bonchev–Trinajstić information content (AvgIpc) is 1.84. The first-order chi connectivity index (χ1) is 4.83. The first-order valence-corrected chi connectivity index (χ1v) is 5.03. The first kappa shape index (κ1) is 15.1. The van der Waals surface area contributed by atoms with E-state index in [-0.39, 0.29) is 17.1 Å². The molecule has 0 aromatic rings. The Hall–Kier alpha value is 0.629. The molecule has 0 atom stereocenters. The van der Waals surface area contributed by atoms with Crippen LogP contribution in [0.4, 0.5) is 0 Å². The summed E-state index contributed by atoms with van der Waals surface area (Å²) < 4.78 is 17.3. The summed E-state index contributed by atoms with van der Waals surface area (Å²) in [6.07, 6.45) is 0. The van der Waals surface area contributed by atoms with Crippen molar-refractivity contribution in [2.24, 2.45) is 0 Å². The molecule has 0 heterocycles. The van der Waals surface area contributed by atoms with Gasteiger partial charge in [-0.25, -0.2) is 14.0 Å². The van der Waals surface area contributed by atoms with E-state index >= 15 is 0 Å². The Kier molecular flexibility index (Phi) is 6.78. The average molecular weight is 243 g/mol. The molecule has 0 saturated carbocycles. The molecule has 0 spiro atoms. The van der Waals surface area contributed by atoms with Crippen molar-refractivity contribution in [1.29, 1.82) is 0 Å². The van der Waals surface area contributed by atoms with Crippen LogP contribution in [0.25, 0.3) is 0 Å². The number of hydrogen-bond acceptors (Lipinski definition) is 1. The monoisotopic (exact) mass is 242 g/mol. The second-order valence-electron chi connectivity index (χ2n) is 3.05. The topological polar surface area (TPSA) is 26.8 Å². The molecule has 0 aliphatic carbocycles. The zero-order chi connectivity index (χ0) is 9.23. The van der Waals surface area contributed by atoms with Gasteiger partial charge in [-0.15, -0.1) is 0 Å². The second-order valence-corrected chi connectivity index (χ2v) is 6.48. The van der Waals surface area contributed by atoms with Crippen LogP contribution in [0.5, 0.6) is 0 Å². The van der Waals surface area contributed by atoms with Crippen molar-refractivity contribution in [3.8, 4) is 0 Å². The largest absolute Gasteiger partial charge is 0.285 e. The van der Waals surface area contributed by atoms with Crippen LogP contribution in [0.1, 0.15) is 0 Å². The van der Waals surface area contributed by atoms with E-state index in [1.807, 2.05) is 42.3 Å². The molecule has 0 aliphatic rings. The van der Waals surface area contributed by atoms with E-state index in [2.05, 4.69) is 0 Å². The fourth-order valence-corrected chi connectivity index (χ4v) is 3.22. The molecule has 12 heavy (non-hydrogen) atoms. The van der Waals surface area contributed by atoms with E-state index in [9.17, 15) is 4.57 Å². The summed E-state index contributed by atoms with van der Waals surface area (Å²) in [5.41, 5.74) is 0. The summed E-state index contributed by atoms with van der Waals surface area (Å²) in [7, 11) is 8.49. The Labute approximate surface area is 85.9 Å². The van der Waals surface area contributed by atoms with Crippen molar-refractivity contribution in [1.82, 2.24) is 14.0 Å². The van der Waals surface area contributed by atoms with Gasteiger partial charge in [0, 0.05) is 17.1 Å². The van der Waals surface area contributed by atoms with Crippen molar-refractivity contribution in [3.05, 3.63) is 0 Å². The van der Waals surface area contributed by atoms with Gasteiger partial charge in [0.2, 0.25) is 0 Å². The van der Waals surface area contributed by atoms with E-state index < -0.39 is 7.59 Å². The maximum absolute atomic E-state index is 12.1. The minimum atomic E-state index is -2.44. The molecule has 0 aromatic carbocycles. The number of nitrogens with zero attached hydrogens (tertiary/aromatic N) is 3. The molecule has 0 amide bonds. The van der Waals surface area contributed by atoms with Crippen molar-refractivity contribution in [3.63, 3.8) is 0 Å². The third kappa shape index (κ3) is 2.84. The minimum absolute atomic E-state index is 0. The molecule has 0 saturated heterocycles. The molecule has 0 N–H and O–H groups in total. The van der Waals surface area contributed by atoms with Crippen LogP contribution in [-0.4, -0.2) is 56.3 Å². The molecular weight excluding hydrogens is 225 g/mol. The summed E-state index contributed by atoms with van der Waals surface area (Å²) in [5.74, 6) is 0. The molecule has 0 aliphatic heterocycles.